The highest BCUT2D eigenvalue weighted by atomic mass is 35.5. The van der Waals surface area contributed by atoms with Gasteiger partial charge in [-0.15, -0.1) is 0 Å². The fourth-order valence-corrected chi connectivity index (χ4v) is 20.5. The lowest BCUT2D eigenvalue weighted by molar-refractivity contribution is 0.0742. The number of nitrogens with one attached hydrogen (secondary N) is 4. The Morgan fingerprint density at radius 2 is 0.816 bits per heavy atom. The highest BCUT2D eigenvalue weighted by molar-refractivity contribution is 7.89. The number of fused-ring (bicyclic) bond motifs is 3. The number of halogens is 9. The average molecular weight is 1860 g/mol. The maximum absolute atomic E-state index is 14.1. The summed E-state index contributed by atoms with van der Waals surface area (Å²) in [5, 5.41) is 27.7. The fourth-order valence-electron chi connectivity index (χ4n) is 16.9. The van der Waals surface area contributed by atoms with Gasteiger partial charge >= 0.3 is 6.03 Å². The Morgan fingerprint density at radius 3 is 1.20 bits per heavy atom. The lowest BCUT2D eigenvalue weighted by Crippen LogP contribution is -2.45. The highest BCUT2D eigenvalue weighted by Crippen LogP contribution is 2.43. The standard InChI is InChI=1S/C35H35Cl2FN4O3S.C31H34Cl2FN5O2.C26H26Cl2FN5O3S/c1-22-8-15-29(16-9-22)46(44,45)41-20-26(18-24-10-13-28(38)14-11-24)34-30(21-41)33(35(43)39-23(2)25-6-4-3-5-7-25)40-42(34)32-17-12-27(36)19-31(32)37;1-3-35-31(41)38-17-22(15-20-9-12-24(34)13-10-20)29-25(18-38)28(30(40)36-19(2)21-7-5-4-6-8-21)37-39(29)27-14-11-23(32)16-26(27)33;1-38(36,37)33-15-18(13-17-5-8-20(29)9-6-17)25-21(16-33)24(26(35)31-32-11-3-2-4-12-32)30-34(25)23-10-7-19(27)14-22(23)28/h8-19,23,25H,3-7,20-21H2,1-2H3,(H,39,43);9-16,19,21H,3-8,17-18H2,1-2H3,(H,35,41)(H,36,40);5-10,13-14H,2-4,11-12,15-16H2,1H3,(H,31,35)/b26-18+;22-15+;18-13+/t23-;19-;/m11./s1. The highest BCUT2D eigenvalue weighted by Gasteiger charge is 2.41. The molecule has 7 heterocycles. The number of hydrogen-bond donors (Lipinski definition) is 4. The minimum Gasteiger partial charge on any atom is -0.348 e. The molecule has 7 aromatic carbocycles. The number of sulfonamides is 2. The second-order valence-electron chi connectivity index (χ2n) is 32.3. The van der Waals surface area contributed by atoms with Crippen LogP contribution in [0.25, 0.3) is 52.0 Å². The van der Waals surface area contributed by atoms with Crippen LogP contribution in [0.5, 0.6) is 0 Å². The van der Waals surface area contributed by atoms with Gasteiger partial charge in [0.25, 0.3) is 17.7 Å². The van der Waals surface area contributed by atoms with E-state index >= 15 is 0 Å². The number of rotatable bonds is 18. The van der Waals surface area contributed by atoms with E-state index in [1.54, 1.807) is 146 Å². The second-order valence-corrected chi connectivity index (χ2v) is 38.8. The fraction of sp³-hybridized carbons (Fsp3) is 0.337. The van der Waals surface area contributed by atoms with E-state index in [1.807, 2.05) is 38.8 Å². The molecular weight excluding hydrogens is 1760 g/mol. The quantitative estimate of drug-likeness (QED) is 0.0626. The van der Waals surface area contributed by atoms with Crippen LogP contribution in [-0.2, 0) is 39.7 Å². The van der Waals surface area contributed by atoms with Crippen LogP contribution >= 0.6 is 69.6 Å². The molecule has 2 aliphatic carbocycles. The normalized spacial score (nSPS) is 17.6. The van der Waals surface area contributed by atoms with E-state index in [2.05, 4.69) is 26.5 Å². The predicted octanol–water partition coefficient (Wildman–Crippen LogP) is 19.9. The lowest BCUT2D eigenvalue weighted by Gasteiger charge is -2.30. The molecule has 22 nitrogen and oxygen atoms in total. The van der Waals surface area contributed by atoms with E-state index in [0.717, 1.165) is 93.8 Å². The summed E-state index contributed by atoms with van der Waals surface area (Å²) in [6, 6.07) is 39.3. The van der Waals surface area contributed by atoms with Crippen LogP contribution in [0.1, 0.15) is 192 Å². The van der Waals surface area contributed by atoms with E-state index in [0.29, 0.717) is 122 Å². The van der Waals surface area contributed by atoms with Gasteiger partial charge < -0.3 is 20.9 Å². The SMILES string of the molecule is CCNC(=O)N1C/C(=C\c2ccc(F)cc2)c2c(c(C(=O)N[C@H](C)C3CCCCC3)nn2-c2ccc(Cl)cc2Cl)C1.CS(=O)(=O)N1C/C(=C\c2ccc(F)cc2)c2c(c(C(=O)NN3CCCCC3)nn2-c2ccc(Cl)cc2Cl)C1.Cc1ccc(S(=O)(=O)N2C/C(=C\c3ccc(F)cc3)c3c(c(C(=O)N[C@H](C)C4CCCCC4)nn3-c3ccc(Cl)cc3Cl)C2)cc1. The van der Waals surface area contributed by atoms with Gasteiger partial charge in [0.05, 0.1) is 66.9 Å². The summed E-state index contributed by atoms with van der Waals surface area (Å²) >= 11 is 38.4. The maximum atomic E-state index is 14.1. The summed E-state index contributed by atoms with van der Waals surface area (Å²) in [5.41, 5.74) is 13.1. The summed E-state index contributed by atoms with van der Waals surface area (Å²) in [6.45, 7) is 10.1. The topological polar surface area (TPSA) is 251 Å². The van der Waals surface area contributed by atoms with E-state index in [-0.39, 0.29) is 109 Å². The zero-order valence-corrected chi connectivity index (χ0v) is 75.7. The summed E-state index contributed by atoms with van der Waals surface area (Å²) in [4.78, 5) is 56.3. The zero-order chi connectivity index (χ0) is 88.7. The number of urea groups is 1. The number of aryl methyl sites for hydroxylation is 1. The number of benzene rings is 7. The molecule has 5 amide bonds. The van der Waals surface area contributed by atoms with E-state index < -0.39 is 26.0 Å². The molecule has 2 atom stereocenters. The molecule has 125 heavy (non-hydrogen) atoms. The van der Waals surface area contributed by atoms with Crippen molar-refractivity contribution in [3.05, 3.63) is 272 Å². The van der Waals surface area contributed by atoms with Crippen molar-refractivity contribution in [1.29, 1.82) is 0 Å². The van der Waals surface area contributed by atoms with Gasteiger partial charge in [-0.2, -0.15) is 23.9 Å². The molecule has 33 heteroatoms. The Hall–Kier alpha value is -9.62. The van der Waals surface area contributed by atoms with Crippen molar-refractivity contribution in [2.45, 2.75) is 148 Å². The molecule has 4 aliphatic heterocycles. The molecule has 6 aliphatic rings. The minimum absolute atomic E-state index is 0.0139. The molecule has 0 unspecified atom stereocenters. The molecular formula is C92H95Cl6F3N14O8S2. The molecule has 16 rings (SSSR count). The number of aromatic nitrogens is 6. The monoisotopic (exact) mass is 1850 g/mol. The first-order chi connectivity index (χ1) is 59.8. The van der Waals surface area contributed by atoms with Crippen LogP contribution < -0.4 is 21.4 Å². The Kier molecular flexibility index (Phi) is 29.4. The Labute approximate surface area is 755 Å². The zero-order valence-electron chi connectivity index (χ0n) is 69.5. The molecule has 1 saturated heterocycles. The van der Waals surface area contributed by atoms with Gasteiger partial charge in [0, 0.05) is 96.2 Å². The molecule has 0 radical (unpaired) electrons. The van der Waals surface area contributed by atoms with Gasteiger partial charge in [0.1, 0.15) is 17.5 Å². The third-order valence-electron chi connectivity index (χ3n) is 23.4. The number of nitrogens with zero attached hydrogens (tertiary/aromatic N) is 10. The van der Waals surface area contributed by atoms with E-state index in [9.17, 15) is 49.2 Å². The Bertz CT molecular complexity index is 6030. The van der Waals surface area contributed by atoms with Crippen LogP contribution in [0, 0.1) is 36.2 Å². The van der Waals surface area contributed by atoms with Crippen molar-refractivity contribution < 1.29 is 49.2 Å². The molecule has 3 fully saturated rings. The molecule has 3 aromatic heterocycles. The number of piperidine rings is 1. The summed E-state index contributed by atoms with van der Waals surface area (Å²) in [5.74, 6) is -1.45. The summed E-state index contributed by atoms with van der Waals surface area (Å²) < 4.78 is 102. The number of hydrogen-bond acceptors (Lipinski definition) is 12. The number of carbonyl (C=O) groups excluding carboxylic acids is 4. The second kappa shape index (κ2) is 40.1. The van der Waals surface area contributed by atoms with Gasteiger partial charge in [-0.25, -0.2) is 53.9 Å². The van der Waals surface area contributed by atoms with E-state index in [1.165, 1.54) is 70.7 Å². The van der Waals surface area contributed by atoms with Crippen LogP contribution in [0.4, 0.5) is 18.0 Å². The number of amides is 5. The van der Waals surface area contributed by atoms with Crippen molar-refractivity contribution >= 4 is 148 Å². The van der Waals surface area contributed by atoms with E-state index in [4.69, 9.17) is 79.8 Å². The lowest BCUT2D eigenvalue weighted by atomic mass is 9.84. The van der Waals surface area contributed by atoms with Crippen molar-refractivity contribution in [1.82, 2.24) is 69.2 Å². The smallest absolute Gasteiger partial charge is 0.317 e. The first-order valence-corrected chi connectivity index (χ1v) is 47.3. The molecule has 0 bridgehead atoms. The number of carbonyl (C=O) groups is 4. The van der Waals surface area contributed by atoms with Crippen molar-refractivity contribution in [2.75, 3.05) is 45.5 Å². The predicted molar refractivity (Wildman–Crippen MR) is 487 cm³/mol. The Morgan fingerprint density at radius 1 is 0.456 bits per heavy atom. The molecule has 656 valence electrons. The number of hydrazine groups is 1. The van der Waals surface area contributed by atoms with Crippen molar-refractivity contribution in [3.63, 3.8) is 0 Å². The third kappa shape index (κ3) is 21.6. The summed E-state index contributed by atoms with van der Waals surface area (Å²) in [7, 11) is -7.61. The third-order valence-corrected chi connectivity index (χ3v) is 28.0. The van der Waals surface area contributed by atoms with Gasteiger partial charge in [-0.1, -0.05) is 169 Å². The molecule has 2 saturated carbocycles. The van der Waals surface area contributed by atoms with Crippen LogP contribution in [0.15, 0.2) is 157 Å². The first kappa shape index (κ1) is 91.6. The molecule has 4 N–H and O–H groups in total. The van der Waals surface area contributed by atoms with Gasteiger partial charge in [0.15, 0.2) is 17.1 Å². The largest absolute Gasteiger partial charge is 0.348 e. The Balaban J connectivity index is 0.000000153. The van der Waals surface area contributed by atoms with Crippen LogP contribution in [0.2, 0.25) is 30.1 Å². The van der Waals surface area contributed by atoms with Crippen LogP contribution in [-0.4, -0.2) is 146 Å². The van der Waals surface area contributed by atoms with Crippen molar-refractivity contribution in [2.24, 2.45) is 11.8 Å². The molecule has 0 spiro atoms. The molecule has 10 aromatic rings. The summed E-state index contributed by atoms with van der Waals surface area (Å²) in [6.07, 6.45) is 20.9. The van der Waals surface area contributed by atoms with Gasteiger partial charge in [-0.05, 0) is 233 Å². The first-order valence-electron chi connectivity index (χ1n) is 41.7. The van der Waals surface area contributed by atoms with Gasteiger partial charge in [0.2, 0.25) is 20.0 Å². The maximum Gasteiger partial charge on any atom is 0.317 e. The average Bonchev–Trinajstić information content (AvgIpc) is 1.61. The van der Waals surface area contributed by atoms with Crippen molar-refractivity contribution in [3.8, 4) is 17.1 Å². The van der Waals surface area contributed by atoms with Crippen LogP contribution in [0.3, 0.4) is 0 Å². The van der Waals surface area contributed by atoms with Gasteiger partial charge in [-0.3, -0.25) is 19.8 Å². The minimum atomic E-state index is -3.98.